The predicted octanol–water partition coefficient (Wildman–Crippen LogP) is 7.23. The van der Waals surface area contributed by atoms with Gasteiger partial charge in [-0.15, -0.1) is 0 Å². The van der Waals surface area contributed by atoms with Crippen molar-refractivity contribution in [3.63, 3.8) is 0 Å². The lowest BCUT2D eigenvalue weighted by molar-refractivity contribution is 0.671. The second kappa shape index (κ2) is 6.10. The molecule has 2 nitrogen and oxygen atoms in total. The zero-order valence-electron chi connectivity index (χ0n) is 17.4. The molecule has 0 unspecified atom stereocenters. The zero-order valence-corrected chi connectivity index (χ0v) is 18.4. The lowest BCUT2D eigenvalue weighted by atomic mass is 10.1. The summed E-state index contributed by atoms with van der Waals surface area (Å²) < 4.78 is 8.84. The summed E-state index contributed by atoms with van der Waals surface area (Å²) in [5, 5.41) is 6.35. The van der Waals surface area contributed by atoms with E-state index >= 15 is 0 Å². The summed E-state index contributed by atoms with van der Waals surface area (Å²) in [6.45, 7) is 7.12. The van der Waals surface area contributed by atoms with E-state index in [1.165, 1.54) is 37.8 Å². The van der Waals surface area contributed by atoms with Crippen molar-refractivity contribution < 1.29 is 4.42 Å². The molecule has 0 spiro atoms. The van der Waals surface area contributed by atoms with E-state index < -0.39 is 8.07 Å². The van der Waals surface area contributed by atoms with Crippen molar-refractivity contribution in [1.82, 2.24) is 4.57 Å². The van der Waals surface area contributed by atoms with Crippen LogP contribution in [-0.4, -0.2) is 12.6 Å². The van der Waals surface area contributed by atoms with Gasteiger partial charge >= 0.3 is 0 Å². The Hall–Kier alpha value is -3.30. The monoisotopic (exact) mass is 405 g/mol. The highest BCUT2D eigenvalue weighted by Gasteiger charge is 2.22. The summed E-state index contributed by atoms with van der Waals surface area (Å²) in [4.78, 5) is 0. The summed E-state index contributed by atoms with van der Waals surface area (Å²) in [5.41, 5.74) is 5.59. The van der Waals surface area contributed by atoms with Crippen molar-refractivity contribution >= 4 is 57.0 Å². The van der Waals surface area contributed by atoms with E-state index in [1.54, 1.807) is 0 Å². The molecule has 0 aliphatic rings. The maximum absolute atomic E-state index is 6.49. The van der Waals surface area contributed by atoms with Crippen molar-refractivity contribution in [3.8, 4) is 5.69 Å². The Morgan fingerprint density at radius 3 is 1.93 bits per heavy atom. The molecule has 2 heterocycles. The molecule has 0 saturated carbocycles. The predicted molar refractivity (Wildman–Crippen MR) is 131 cm³/mol. The molecule has 6 aromatic rings. The molecule has 0 N–H and O–H groups in total. The number of rotatable bonds is 2. The fourth-order valence-corrected chi connectivity index (χ4v) is 6.18. The first-order valence-electron chi connectivity index (χ1n) is 10.5. The smallest absolute Gasteiger partial charge is 0.137 e. The molecule has 0 radical (unpaired) electrons. The highest BCUT2D eigenvalue weighted by atomic mass is 28.3. The fraction of sp³-hybridized carbons (Fsp3) is 0.111. The number of benzene rings is 4. The van der Waals surface area contributed by atoms with Gasteiger partial charge < -0.3 is 8.98 Å². The van der Waals surface area contributed by atoms with Crippen molar-refractivity contribution in [1.29, 1.82) is 0 Å². The van der Waals surface area contributed by atoms with Crippen LogP contribution in [0.25, 0.3) is 49.4 Å². The summed E-state index contributed by atoms with van der Waals surface area (Å²) in [6.07, 6.45) is 0. The summed E-state index contributed by atoms with van der Waals surface area (Å²) in [5.74, 6) is 0. The third kappa shape index (κ3) is 2.42. The molecule has 0 aliphatic heterocycles. The number of nitrogens with zero attached hydrogens (tertiary/aromatic N) is 1. The van der Waals surface area contributed by atoms with Crippen LogP contribution in [0, 0.1) is 0 Å². The number of aromatic nitrogens is 1. The molecule has 146 valence electrons. The van der Waals surface area contributed by atoms with Gasteiger partial charge in [-0.1, -0.05) is 74.2 Å². The second-order valence-electron chi connectivity index (χ2n) is 9.08. The minimum Gasteiger partial charge on any atom is -0.456 e. The molecule has 6 rings (SSSR count). The van der Waals surface area contributed by atoms with Gasteiger partial charge in [0.1, 0.15) is 11.2 Å². The highest BCUT2D eigenvalue weighted by molar-refractivity contribution is 6.90. The van der Waals surface area contributed by atoms with E-state index in [2.05, 4.69) is 109 Å². The minimum atomic E-state index is -1.50. The number of furan rings is 1. The van der Waals surface area contributed by atoms with Crippen molar-refractivity contribution in [2.75, 3.05) is 0 Å². The normalized spacial score (nSPS) is 12.5. The molecule has 4 aromatic carbocycles. The maximum atomic E-state index is 6.49. The Balaban J connectivity index is 1.68. The minimum absolute atomic E-state index is 0.954. The maximum Gasteiger partial charge on any atom is 0.137 e. The van der Waals surface area contributed by atoms with Gasteiger partial charge in [0.15, 0.2) is 0 Å². The number of fused-ring (bicyclic) bond motifs is 6. The Labute approximate surface area is 176 Å². The van der Waals surface area contributed by atoms with Crippen molar-refractivity contribution in [3.05, 3.63) is 84.9 Å². The van der Waals surface area contributed by atoms with Crippen molar-refractivity contribution in [2.24, 2.45) is 0 Å². The lowest BCUT2D eigenvalue weighted by Gasteiger charge is -2.16. The van der Waals surface area contributed by atoms with Crippen LogP contribution in [0.3, 0.4) is 0 Å². The van der Waals surface area contributed by atoms with Crippen LogP contribution in [0.5, 0.6) is 0 Å². The molecule has 30 heavy (non-hydrogen) atoms. The fourth-order valence-electron chi connectivity index (χ4n) is 4.72. The Morgan fingerprint density at radius 2 is 1.27 bits per heavy atom. The Kier molecular flexibility index (Phi) is 3.57. The Bertz CT molecular complexity index is 1530. The van der Waals surface area contributed by atoms with Crippen LogP contribution in [0.4, 0.5) is 0 Å². The average molecular weight is 406 g/mol. The second-order valence-corrected chi connectivity index (χ2v) is 14.1. The van der Waals surface area contributed by atoms with E-state index in [0.29, 0.717) is 0 Å². The number of para-hydroxylation sites is 3. The standard InChI is InChI=1S/C27H23NOSi/c1-30(2,3)26-14-8-11-22-21-16-15-18(17-25(21)29-27(22)26)28-23-12-6-4-9-19(23)20-10-5-7-13-24(20)28/h4-17H,1-3H3. The van der Waals surface area contributed by atoms with Crippen molar-refractivity contribution in [2.45, 2.75) is 19.6 Å². The van der Waals surface area contributed by atoms with E-state index in [9.17, 15) is 0 Å². The molecule has 0 atom stereocenters. The van der Waals surface area contributed by atoms with Gasteiger partial charge in [-0.25, -0.2) is 0 Å². The highest BCUT2D eigenvalue weighted by Crippen LogP contribution is 2.35. The first-order chi connectivity index (χ1) is 14.5. The van der Waals surface area contributed by atoms with Gasteiger partial charge in [0.2, 0.25) is 0 Å². The van der Waals surface area contributed by atoms with Crippen LogP contribution >= 0.6 is 0 Å². The third-order valence-electron chi connectivity index (χ3n) is 6.13. The topological polar surface area (TPSA) is 18.1 Å². The van der Waals surface area contributed by atoms with Gasteiger partial charge in [-0.3, -0.25) is 0 Å². The third-order valence-corrected chi connectivity index (χ3v) is 8.14. The van der Waals surface area contributed by atoms with Gasteiger partial charge in [0, 0.05) is 33.3 Å². The Morgan fingerprint density at radius 1 is 0.633 bits per heavy atom. The molecule has 3 heteroatoms. The molecular weight excluding hydrogens is 382 g/mol. The quantitative estimate of drug-likeness (QED) is 0.278. The van der Waals surface area contributed by atoms with Crippen LogP contribution in [-0.2, 0) is 0 Å². The van der Waals surface area contributed by atoms with E-state index in [-0.39, 0.29) is 0 Å². The molecular formula is C27H23NOSi. The lowest BCUT2D eigenvalue weighted by Crippen LogP contribution is -2.37. The average Bonchev–Trinajstić information content (AvgIpc) is 3.28. The first-order valence-corrected chi connectivity index (χ1v) is 14.0. The van der Waals surface area contributed by atoms with Crippen LogP contribution in [0.2, 0.25) is 19.6 Å². The SMILES string of the molecule is C[Si](C)(C)c1cccc2c1oc1cc(-n3c4ccccc4c4ccccc43)ccc12. The number of hydrogen-bond acceptors (Lipinski definition) is 1. The molecule has 2 aromatic heterocycles. The molecule has 0 saturated heterocycles. The van der Waals surface area contributed by atoms with E-state index in [1.807, 2.05) is 0 Å². The molecule has 0 fully saturated rings. The summed E-state index contributed by atoms with van der Waals surface area (Å²) >= 11 is 0. The van der Waals surface area contributed by atoms with Gasteiger partial charge in [0.25, 0.3) is 0 Å². The molecule has 0 amide bonds. The largest absolute Gasteiger partial charge is 0.456 e. The first kappa shape index (κ1) is 17.5. The summed E-state index contributed by atoms with van der Waals surface area (Å²) in [7, 11) is -1.50. The van der Waals surface area contributed by atoms with E-state index in [4.69, 9.17) is 4.42 Å². The van der Waals surface area contributed by atoms with Gasteiger partial charge in [-0.05, 0) is 29.5 Å². The van der Waals surface area contributed by atoms with E-state index in [0.717, 1.165) is 16.9 Å². The molecule has 0 aliphatic carbocycles. The zero-order chi connectivity index (χ0) is 20.5. The number of hydrogen-bond donors (Lipinski definition) is 0. The van der Waals surface area contributed by atoms with Gasteiger partial charge in [0.05, 0.1) is 19.1 Å². The van der Waals surface area contributed by atoms with Crippen LogP contribution < -0.4 is 5.19 Å². The van der Waals surface area contributed by atoms with Gasteiger partial charge in [-0.2, -0.15) is 0 Å². The molecule has 0 bridgehead atoms. The summed E-state index contributed by atoms with van der Waals surface area (Å²) in [6, 6.07) is 30.5. The van der Waals surface area contributed by atoms with Crippen LogP contribution in [0.15, 0.2) is 89.3 Å². The van der Waals surface area contributed by atoms with Crippen LogP contribution in [0.1, 0.15) is 0 Å².